The SMILES string of the molecule is Clc1csc2ncsc12. The maximum atomic E-state index is 5.79. The fourth-order valence-corrected chi connectivity index (χ4v) is 2.73. The Morgan fingerprint density at radius 1 is 1.44 bits per heavy atom. The lowest BCUT2D eigenvalue weighted by Crippen LogP contribution is -1.47. The van der Waals surface area contributed by atoms with Crippen molar-refractivity contribution in [1.82, 2.24) is 4.98 Å². The first-order valence-electron chi connectivity index (χ1n) is 2.34. The molecule has 0 aliphatic rings. The Labute approximate surface area is 64.9 Å². The lowest BCUT2D eigenvalue weighted by atomic mass is 10.6. The van der Waals surface area contributed by atoms with E-state index in [-0.39, 0.29) is 0 Å². The number of thiophene rings is 1. The predicted octanol–water partition coefficient (Wildman–Crippen LogP) is 3.01. The molecule has 2 aromatic rings. The Kier molecular flexibility index (Phi) is 1.22. The maximum Gasteiger partial charge on any atom is 0.135 e. The zero-order valence-electron chi connectivity index (χ0n) is 4.30. The Morgan fingerprint density at radius 2 is 2.33 bits per heavy atom. The van der Waals surface area contributed by atoms with Gasteiger partial charge in [-0.15, -0.1) is 22.7 Å². The topological polar surface area (TPSA) is 12.9 Å². The lowest BCUT2D eigenvalue weighted by Gasteiger charge is -1.71. The monoisotopic (exact) mass is 175 g/mol. The number of aromatic nitrogens is 1. The van der Waals surface area contributed by atoms with E-state index in [2.05, 4.69) is 4.98 Å². The van der Waals surface area contributed by atoms with Gasteiger partial charge in [0.15, 0.2) is 0 Å². The minimum atomic E-state index is 0.831. The summed E-state index contributed by atoms with van der Waals surface area (Å²) >= 11 is 8.97. The minimum Gasteiger partial charge on any atom is -0.234 e. The van der Waals surface area contributed by atoms with Crippen LogP contribution in [0.25, 0.3) is 9.53 Å². The maximum absolute atomic E-state index is 5.79. The van der Waals surface area contributed by atoms with Crippen LogP contribution < -0.4 is 0 Å². The number of thiazole rings is 1. The van der Waals surface area contributed by atoms with Gasteiger partial charge in [-0.05, 0) is 0 Å². The first-order valence-corrected chi connectivity index (χ1v) is 4.48. The van der Waals surface area contributed by atoms with Crippen LogP contribution in [0.5, 0.6) is 0 Å². The van der Waals surface area contributed by atoms with Gasteiger partial charge in [-0.1, -0.05) is 11.6 Å². The van der Waals surface area contributed by atoms with Crippen molar-refractivity contribution in [2.75, 3.05) is 0 Å². The number of rotatable bonds is 0. The van der Waals surface area contributed by atoms with E-state index in [0.717, 1.165) is 14.6 Å². The molecule has 0 aromatic carbocycles. The molecule has 2 heterocycles. The number of hydrogen-bond acceptors (Lipinski definition) is 3. The van der Waals surface area contributed by atoms with Gasteiger partial charge in [0.25, 0.3) is 0 Å². The van der Waals surface area contributed by atoms with E-state index in [9.17, 15) is 0 Å². The third kappa shape index (κ3) is 0.764. The summed E-state index contributed by atoms with van der Waals surface area (Å²) in [6.07, 6.45) is 0. The normalized spacial score (nSPS) is 10.8. The minimum absolute atomic E-state index is 0.831. The van der Waals surface area contributed by atoms with Crippen molar-refractivity contribution in [2.24, 2.45) is 0 Å². The first-order chi connectivity index (χ1) is 4.38. The molecule has 0 bridgehead atoms. The second-order valence-electron chi connectivity index (χ2n) is 1.57. The van der Waals surface area contributed by atoms with E-state index in [0.29, 0.717) is 0 Å². The van der Waals surface area contributed by atoms with Crippen molar-refractivity contribution in [3.05, 3.63) is 15.9 Å². The van der Waals surface area contributed by atoms with Crippen LogP contribution in [0.2, 0.25) is 5.02 Å². The summed E-state index contributed by atoms with van der Waals surface area (Å²) in [7, 11) is 0. The molecule has 0 spiro atoms. The molecule has 46 valence electrons. The zero-order chi connectivity index (χ0) is 6.27. The van der Waals surface area contributed by atoms with Crippen molar-refractivity contribution in [3.8, 4) is 0 Å². The highest BCUT2D eigenvalue weighted by molar-refractivity contribution is 7.26. The Hall–Kier alpha value is -0.120. The van der Waals surface area contributed by atoms with Gasteiger partial charge >= 0.3 is 0 Å². The molecule has 0 atom stereocenters. The van der Waals surface area contributed by atoms with Gasteiger partial charge in [0.2, 0.25) is 0 Å². The van der Waals surface area contributed by atoms with Crippen LogP contribution in [0.15, 0.2) is 10.9 Å². The molecule has 0 aliphatic carbocycles. The van der Waals surface area contributed by atoms with Gasteiger partial charge in [0.1, 0.15) is 4.83 Å². The molecule has 0 unspecified atom stereocenters. The number of fused-ring (bicyclic) bond motifs is 1. The summed E-state index contributed by atoms with van der Waals surface area (Å²) in [5, 5.41) is 2.74. The molecule has 4 heteroatoms. The summed E-state index contributed by atoms with van der Waals surface area (Å²) in [5.41, 5.74) is 1.81. The van der Waals surface area contributed by atoms with E-state index in [4.69, 9.17) is 11.6 Å². The highest BCUT2D eigenvalue weighted by atomic mass is 35.5. The molecule has 2 aromatic heterocycles. The van der Waals surface area contributed by atoms with Gasteiger partial charge in [-0.3, -0.25) is 0 Å². The quantitative estimate of drug-likeness (QED) is 0.600. The highest BCUT2D eigenvalue weighted by Crippen LogP contribution is 2.31. The summed E-state index contributed by atoms with van der Waals surface area (Å²) in [6.45, 7) is 0. The fraction of sp³-hybridized carbons (Fsp3) is 0. The third-order valence-electron chi connectivity index (χ3n) is 1.03. The van der Waals surface area contributed by atoms with E-state index in [1.54, 1.807) is 22.7 Å². The molecule has 9 heavy (non-hydrogen) atoms. The molecule has 0 saturated carbocycles. The number of hydrogen-bond donors (Lipinski definition) is 0. The average molecular weight is 176 g/mol. The zero-order valence-corrected chi connectivity index (χ0v) is 6.69. The molecule has 0 radical (unpaired) electrons. The first kappa shape index (κ1) is 5.65. The second-order valence-corrected chi connectivity index (χ2v) is 3.69. The molecule has 0 aliphatic heterocycles. The molecule has 0 N–H and O–H groups in total. The number of nitrogens with zero attached hydrogens (tertiary/aromatic N) is 1. The van der Waals surface area contributed by atoms with E-state index < -0.39 is 0 Å². The summed E-state index contributed by atoms with van der Waals surface area (Å²) in [4.78, 5) is 5.14. The molecular weight excluding hydrogens is 174 g/mol. The molecule has 0 amide bonds. The van der Waals surface area contributed by atoms with Crippen LogP contribution in [0.4, 0.5) is 0 Å². The van der Waals surface area contributed by atoms with Crippen molar-refractivity contribution < 1.29 is 0 Å². The van der Waals surface area contributed by atoms with Crippen LogP contribution in [-0.2, 0) is 0 Å². The lowest BCUT2D eigenvalue weighted by molar-refractivity contribution is 1.54. The van der Waals surface area contributed by atoms with Crippen LogP contribution in [0, 0.1) is 0 Å². The van der Waals surface area contributed by atoms with Gasteiger partial charge < -0.3 is 0 Å². The second kappa shape index (κ2) is 1.94. The van der Waals surface area contributed by atoms with Crippen LogP contribution >= 0.6 is 34.3 Å². The molecular formula is C5H2ClNS2. The molecule has 1 nitrogen and oxygen atoms in total. The van der Waals surface area contributed by atoms with E-state index in [1.807, 2.05) is 10.9 Å². The average Bonchev–Trinajstić information content (AvgIpc) is 2.35. The van der Waals surface area contributed by atoms with E-state index >= 15 is 0 Å². The molecule has 0 saturated heterocycles. The standard InChI is InChI=1S/C5H2ClNS2/c6-3-1-8-5-4(3)9-2-7-5/h1-2H. The van der Waals surface area contributed by atoms with Crippen LogP contribution in [-0.4, -0.2) is 4.98 Å². The third-order valence-corrected chi connectivity index (χ3v) is 3.44. The van der Waals surface area contributed by atoms with Gasteiger partial charge in [-0.2, -0.15) is 0 Å². The summed E-state index contributed by atoms with van der Waals surface area (Å²) in [6, 6.07) is 0. The van der Waals surface area contributed by atoms with Gasteiger partial charge in [0, 0.05) is 5.38 Å². The Bertz CT molecular complexity index is 324. The van der Waals surface area contributed by atoms with Crippen LogP contribution in [0.1, 0.15) is 0 Å². The predicted molar refractivity (Wildman–Crippen MR) is 42.5 cm³/mol. The molecule has 2 rings (SSSR count). The number of halogens is 1. The van der Waals surface area contributed by atoms with Crippen molar-refractivity contribution >= 4 is 43.8 Å². The highest BCUT2D eigenvalue weighted by Gasteiger charge is 2.01. The van der Waals surface area contributed by atoms with Gasteiger partial charge in [-0.25, -0.2) is 4.98 Å². The van der Waals surface area contributed by atoms with Crippen molar-refractivity contribution in [1.29, 1.82) is 0 Å². The fourth-order valence-electron chi connectivity index (χ4n) is 0.639. The van der Waals surface area contributed by atoms with E-state index in [1.165, 1.54) is 0 Å². The largest absolute Gasteiger partial charge is 0.234 e. The smallest absolute Gasteiger partial charge is 0.135 e. The Balaban J connectivity index is 2.99. The van der Waals surface area contributed by atoms with Gasteiger partial charge in [0.05, 0.1) is 15.2 Å². The summed E-state index contributed by atoms with van der Waals surface area (Å²) in [5.74, 6) is 0. The van der Waals surface area contributed by atoms with Crippen molar-refractivity contribution in [3.63, 3.8) is 0 Å². The van der Waals surface area contributed by atoms with Crippen LogP contribution in [0.3, 0.4) is 0 Å². The molecule has 0 fully saturated rings. The van der Waals surface area contributed by atoms with Crippen molar-refractivity contribution in [2.45, 2.75) is 0 Å². The summed E-state index contributed by atoms with van der Waals surface area (Å²) < 4.78 is 1.11. The Morgan fingerprint density at radius 3 is 3.11 bits per heavy atom.